The fraction of sp³-hybridized carbons (Fsp3) is 0.562. The molecule has 22 heavy (non-hydrogen) atoms. The fourth-order valence-corrected chi connectivity index (χ4v) is 2.21. The number of hydrogen-bond acceptors (Lipinski definition) is 3. The number of aliphatic imine (C=N–C) groups is 1. The van der Waals surface area contributed by atoms with E-state index < -0.39 is 0 Å². The van der Waals surface area contributed by atoms with Crippen LogP contribution in [-0.4, -0.2) is 40.2 Å². The summed E-state index contributed by atoms with van der Waals surface area (Å²) in [5.74, 6) is 1.90. The quantitative estimate of drug-likeness (QED) is 0.445. The maximum absolute atomic E-state index is 4.60. The molecule has 2 rings (SSSR count). The number of aromatic nitrogens is 3. The number of aryl methyl sites for hydroxylation is 1. The molecule has 2 aromatic rings. The highest BCUT2D eigenvalue weighted by Crippen LogP contribution is 2.05. The molecule has 0 aromatic carbocycles. The zero-order valence-corrected chi connectivity index (χ0v) is 13.5. The van der Waals surface area contributed by atoms with Gasteiger partial charge >= 0.3 is 0 Å². The molecule has 0 saturated heterocycles. The van der Waals surface area contributed by atoms with E-state index in [4.69, 9.17) is 0 Å². The van der Waals surface area contributed by atoms with E-state index in [0.29, 0.717) is 0 Å². The first-order chi connectivity index (χ1) is 10.8. The summed E-state index contributed by atoms with van der Waals surface area (Å²) in [5, 5.41) is 15.0. The SMILES string of the molecule is CCCCNC(=NCCCc1nnc2ccccn12)NCC. The van der Waals surface area contributed by atoms with Gasteiger partial charge in [0, 0.05) is 32.3 Å². The van der Waals surface area contributed by atoms with Crippen LogP contribution < -0.4 is 10.6 Å². The second kappa shape index (κ2) is 9.02. The predicted molar refractivity (Wildman–Crippen MR) is 90.2 cm³/mol. The van der Waals surface area contributed by atoms with E-state index in [1.807, 2.05) is 28.8 Å². The molecule has 0 aliphatic carbocycles. The lowest BCUT2D eigenvalue weighted by molar-refractivity contribution is 0.720. The Morgan fingerprint density at radius 2 is 2.09 bits per heavy atom. The first kappa shape index (κ1) is 16.3. The van der Waals surface area contributed by atoms with Crippen LogP contribution in [0, 0.1) is 0 Å². The third-order valence-corrected chi connectivity index (χ3v) is 3.38. The van der Waals surface area contributed by atoms with Gasteiger partial charge in [-0.25, -0.2) is 0 Å². The second-order valence-electron chi connectivity index (χ2n) is 5.19. The van der Waals surface area contributed by atoms with Gasteiger partial charge in [0.15, 0.2) is 11.6 Å². The number of nitrogens with zero attached hydrogens (tertiary/aromatic N) is 4. The molecule has 120 valence electrons. The van der Waals surface area contributed by atoms with Gasteiger partial charge in [0.05, 0.1) is 0 Å². The van der Waals surface area contributed by atoms with Crippen LogP contribution in [0.5, 0.6) is 0 Å². The van der Waals surface area contributed by atoms with Gasteiger partial charge in [0.1, 0.15) is 5.82 Å². The zero-order chi connectivity index (χ0) is 15.6. The molecule has 0 bridgehead atoms. The van der Waals surface area contributed by atoms with Gasteiger partial charge < -0.3 is 10.6 Å². The van der Waals surface area contributed by atoms with Crippen LogP contribution >= 0.6 is 0 Å². The van der Waals surface area contributed by atoms with Gasteiger partial charge in [0.25, 0.3) is 0 Å². The Labute approximate surface area is 132 Å². The minimum absolute atomic E-state index is 0.781. The molecule has 0 spiro atoms. The third kappa shape index (κ3) is 4.72. The number of nitrogens with one attached hydrogen (secondary N) is 2. The summed E-state index contributed by atoms with van der Waals surface area (Å²) in [4.78, 5) is 4.60. The molecular formula is C16H26N6. The molecule has 6 heteroatoms. The standard InChI is InChI=1S/C16H26N6/c1-3-5-11-18-16(17-4-2)19-12-8-10-15-21-20-14-9-6-7-13-22(14)15/h6-7,9,13H,3-5,8,10-12H2,1-2H3,(H2,17,18,19). The first-order valence-electron chi connectivity index (χ1n) is 8.16. The van der Waals surface area contributed by atoms with Crippen molar-refractivity contribution in [1.29, 1.82) is 0 Å². The van der Waals surface area contributed by atoms with Gasteiger partial charge in [-0.15, -0.1) is 10.2 Å². The Morgan fingerprint density at radius 3 is 2.91 bits per heavy atom. The van der Waals surface area contributed by atoms with Crippen LogP contribution in [0.2, 0.25) is 0 Å². The number of pyridine rings is 1. The van der Waals surface area contributed by atoms with Gasteiger partial charge in [0.2, 0.25) is 0 Å². The molecule has 2 N–H and O–H groups in total. The van der Waals surface area contributed by atoms with Crippen LogP contribution in [0.25, 0.3) is 5.65 Å². The summed E-state index contributed by atoms with van der Waals surface area (Å²) < 4.78 is 2.04. The topological polar surface area (TPSA) is 66.6 Å². The molecular weight excluding hydrogens is 276 g/mol. The summed E-state index contributed by atoms with van der Waals surface area (Å²) in [6.07, 6.45) is 6.19. The Balaban J connectivity index is 1.82. The van der Waals surface area contributed by atoms with E-state index in [1.165, 1.54) is 6.42 Å². The molecule has 2 aromatic heterocycles. The average molecular weight is 302 g/mol. The minimum atomic E-state index is 0.781. The van der Waals surface area contributed by atoms with Crippen molar-refractivity contribution in [3.8, 4) is 0 Å². The Hall–Kier alpha value is -2.11. The highest BCUT2D eigenvalue weighted by molar-refractivity contribution is 5.79. The van der Waals surface area contributed by atoms with Gasteiger partial charge in [-0.2, -0.15) is 0 Å². The first-order valence-corrected chi connectivity index (χ1v) is 8.16. The van der Waals surface area contributed by atoms with Crippen molar-refractivity contribution in [3.63, 3.8) is 0 Å². The number of rotatable bonds is 8. The van der Waals surface area contributed by atoms with Gasteiger partial charge in [-0.05, 0) is 31.9 Å². The number of guanidine groups is 1. The molecule has 6 nitrogen and oxygen atoms in total. The smallest absolute Gasteiger partial charge is 0.191 e. The maximum atomic E-state index is 4.60. The second-order valence-corrected chi connectivity index (χ2v) is 5.19. The van der Waals surface area contributed by atoms with Crippen molar-refractivity contribution in [2.75, 3.05) is 19.6 Å². The van der Waals surface area contributed by atoms with Crippen molar-refractivity contribution in [2.45, 2.75) is 39.5 Å². The van der Waals surface area contributed by atoms with E-state index in [0.717, 1.165) is 56.3 Å². The molecule has 0 aliphatic heterocycles. The van der Waals surface area contributed by atoms with E-state index in [2.05, 4.69) is 39.7 Å². The van der Waals surface area contributed by atoms with Crippen molar-refractivity contribution in [1.82, 2.24) is 25.2 Å². The summed E-state index contributed by atoms with van der Waals surface area (Å²) in [7, 11) is 0. The monoisotopic (exact) mass is 302 g/mol. The lowest BCUT2D eigenvalue weighted by Gasteiger charge is -2.10. The summed E-state index contributed by atoms with van der Waals surface area (Å²) >= 11 is 0. The molecule has 0 aliphatic rings. The molecule has 0 atom stereocenters. The van der Waals surface area contributed by atoms with Crippen LogP contribution in [-0.2, 0) is 6.42 Å². The van der Waals surface area contributed by atoms with Crippen LogP contribution in [0.1, 0.15) is 38.9 Å². The zero-order valence-electron chi connectivity index (χ0n) is 13.5. The Morgan fingerprint density at radius 1 is 1.18 bits per heavy atom. The van der Waals surface area contributed by atoms with Crippen LogP contribution in [0.4, 0.5) is 0 Å². The predicted octanol–water partition coefficient (Wildman–Crippen LogP) is 2.02. The minimum Gasteiger partial charge on any atom is -0.357 e. The molecule has 0 unspecified atom stereocenters. The molecule has 0 fully saturated rings. The van der Waals surface area contributed by atoms with E-state index >= 15 is 0 Å². The summed E-state index contributed by atoms with van der Waals surface area (Å²) in [5.41, 5.74) is 0.899. The normalized spacial score (nSPS) is 11.8. The van der Waals surface area contributed by atoms with E-state index in [1.54, 1.807) is 0 Å². The van der Waals surface area contributed by atoms with Crippen molar-refractivity contribution >= 4 is 11.6 Å². The molecule has 0 amide bonds. The number of unbranched alkanes of at least 4 members (excludes halogenated alkanes) is 1. The lowest BCUT2D eigenvalue weighted by atomic mass is 10.3. The Kier molecular flexibility index (Phi) is 6.67. The summed E-state index contributed by atoms with van der Waals surface area (Å²) in [6.45, 7) is 6.90. The largest absolute Gasteiger partial charge is 0.357 e. The average Bonchev–Trinajstić information content (AvgIpc) is 2.95. The number of hydrogen-bond donors (Lipinski definition) is 2. The Bertz CT molecular complexity index is 589. The molecule has 0 saturated carbocycles. The molecule has 2 heterocycles. The van der Waals surface area contributed by atoms with Crippen LogP contribution in [0.3, 0.4) is 0 Å². The van der Waals surface area contributed by atoms with Gasteiger partial charge in [-0.3, -0.25) is 9.39 Å². The maximum Gasteiger partial charge on any atom is 0.191 e. The van der Waals surface area contributed by atoms with Crippen LogP contribution in [0.15, 0.2) is 29.4 Å². The highest BCUT2D eigenvalue weighted by Gasteiger charge is 2.03. The summed E-state index contributed by atoms with van der Waals surface area (Å²) in [6, 6.07) is 5.94. The van der Waals surface area contributed by atoms with E-state index in [-0.39, 0.29) is 0 Å². The van der Waals surface area contributed by atoms with E-state index in [9.17, 15) is 0 Å². The van der Waals surface area contributed by atoms with Crippen molar-refractivity contribution in [2.24, 2.45) is 4.99 Å². The van der Waals surface area contributed by atoms with Crippen molar-refractivity contribution < 1.29 is 0 Å². The van der Waals surface area contributed by atoms with Gasteiger partial charge in [-0.1, -0.05) is 19.4 Å². The lowest BCUT2D eigenvalue weighted by Crippen LogP contribution is -2.37. The van der Waals surface area contributed by atoms with Crippen molar-refractivity contribution in [3.05, 3.63) is 30.2 Å². The number of fused-ring (bicyclic) bond motifs is 1. The molecule has 0 radical (unpaired) electrons. The fourth-order valence-electron chi connectivity index (χ4n) is 2.21. The third-order valence-electron chi connectivity index (χ3n) is 3.38. The highest BCUT2D eigenvalue weighted by atomic mass is 15.2.